The van der Waals surface area contributed by atoms with E-state index < -0.39 is 0 Å². The summed E-state index contributed by atoms with van der Waals surface area (Å²) in [6.45, 7) is 0.640. The largest absolute Gasteiger partial charge is 0.326 e. The van der Waals surface area contributed by atoms with E-state index in [-0.39, 0.29) is 0 Å². The van der Waals surface area contributed by atoms with E-state index in [0.29, 0.717) is 16.6 Å². The quantitative estimate of drug-likeness (QED) is 0.813. The molecule has 0 saturated carbocycles. The highest BCUT2D eigenvalue weighted by Crippen LogP contribution is 2.13. The lowest BCUT2D eigenvalue weighted by molar-refractivity contribution is 1.07. The summed E-state index contributed by atoms with van der Waals surface area (Å²) in [6, 6.07) is 17.1. The molecule has 0 aliphatic carbocycles. The minimum absolute atomic E-state index is 0.640. The van der Waals surface area contributed by atoms with E-state index in [1.165, 1.54) is 5.56 Å². The fourth-order valence-corrected chi connectivity index (χ4v) is 1.51. The summed E-state index contributed by atoms with van der Waals surface area (Å²) in [7, 11) is 0. The number of nitrogens with two attached hydrogens (primary N) is 1. The van der Waals surface area contributed by atoms with Gasteiger partial charge >= 0.3 is 0 Å². The number of halogens is 2. The highest BCUT2D eigenvalue weighted by molar-refractivity contribution is 6.34. The predicted octanol–water partition coefficient (Wildman–Crippen LogP) is 4.14. The van der Waals surface area contributed by atoms with Crippen molar-refractivity contribution >= 4 is 23.2 Å². The summed E-state index contributed by atoms with van der Waals surface area (Å²) in [5, 5.41) is 1.36. The Labute approximate surface area is 106 Å². The summed E-state index contributed by atoms with van der Waals surface area (Å²) < 4.78 is 0. The zero-order valence-corrected chi connectivity index (χ0v) is 10.2. The predicted molar refractivity (Wildman–Crippen MR) is 70.8 cm³/mol. The maximum atomic E-state index is 5.56. The Morgan fingerprint density at radius 2 is 1.38 bits per heavy atom. The first kappa shape index (κ1) is 13.0. The van der Waals surface area contributed by atoms with E-state index >= 15 is 0 Å². The van der Waals surface area contributed by atoms with Crippen molar-refractivity contribution in [2.45, 2.75) is 6.54 Å². The van der Waals surface area contributed by atoms with Gasteiger partial charge in [0.15, 0.2) is 0 Å². The van der Waals surface area contributed by atoms with Crippen LogP contribution in [0, 0.1) is 0 Å². The van der Waals surface area contributed by atoms with Gasteiger partial charge in [-0.2, -0.15) is 0 Å². The molecule has 0 fully saturated rings. The van der Waals surface area contributed by atoms with Gasteiger partial charge in [0.2, 0.25) is 0 Å². The minimum Gasteiger partial charge on any atom is -0.326 e. The van der Waals surface area contributed by atoms with E-state index in [1.54, 1.807) is 18.2 Å². The van der Waals surface area contributed by atoms with E-state index in [2.05, 4.69) is 0 Å². The normalized spacial score (nSPS) is 9.19. The summed E-state index contributed by atoms with van der Waals surface area (Å²) in [5.41, 5.74) is 6.54. The number of hydrogen-bond acceptors (Lipinski definition) is 1. The van der Waals surface area contributed by atoms with Crippen molar-refractivity contribution in [1.29, 1.82) is 0 Å². The smallest absolute Gasteiger partial charge is 0.0420 e. The molecule has 0 saturated heterocycles. The molecule has 16 heavy (non-hydrogen) atoms. The van der Waals surface area contributed by atoms with Crippen LogP contribution in [0.3, 0.4) is 0 Å². The molecule has 0 unspecified atom stereocenters. The Morgan fingerprint density at radius 3 is 1.69 bits per heavy atom. The van der Waals surface area contributed by atoms with Gasteiger partial charge in [0.25, 0.3) is 0 Å². The van der Waals surface area contributed by atoms with Crippen molar-refractivity contribution in [1.82, 2.24) is 0 Å². The molecule has 0 heterocycles. The van der Waals surface area contributed by atoms with E-state index in [0.717, 1.165) is 0 Å². The van der Waals surface area contributed by atoms with Crippen LogP contribution in [0.1, 0.15) is 5.56 Å². The molecule has 84 valence electrons. The fraction of sp³-hybridized carbons (Fsp3) is 0.0769. The summed E-state index contributed by atoms with van der Waals surface area (Å²) >= 11 is 11.1. The van der Waals surface area contributed by atoms with Gasteiger partial charge in [0.05, 0.1) is 0 Å². The molecule has 2 N–H and O–H groups in total. The average Bonchev–Trinajstić information content (AvgIpc) is 2.31. The maximum absolute atomic E-state index is 5.56. The Morgan fingerprint density at radius 1 is 0.812 bits per heavy atom. The minimum atomic E-state index is 0.640. The molecule has 2 aromatic carbocycles. The highest BCUT2D eigenvalue weighted by atomic mass is 35.5. The lowest BCUT2D eigenvalue weighted by Gasteiger charge is -1.90. The highest BCUT2D eigenvalue weighted by Gasteiger charge is 1.85. The lowest BCUT2D eigenvalue weighted by Crippen LogP contribution is -1.94. The molecule has 1 nitrogen and oxygen atoms in total. The van der Waals surface area contributed by atoms with E-state index in [9.17, 15) is 0 Å². The van der Waals surface area contributed by atoms with Crippen LogP contribution in [0.25, 0.3) is 0 Å². The zero-order chi connectivity index (χ0) is 11.8. The van der Waals surface area contributed by atoms with Crippen molar-refractivity contribution < 1.29 is 0 Å². The van der Waals surface area contributed by atoms with Crippen molar-refractivity contribution in [3.05, 3.63) is 70.2 Å². The molecule has 0 spiro atoms. The Kier molecular flexibility index (Phi) is 5.94. The fourth-order valence-electron chi connectivity index (χ4n) is 1.07. The molecular formula is C13H13Cl2N. The first-order chi connectivity index (χ1) is 7.72. The Hall–Kier alpha value is -1.02. The Balaban J connectivity index is 0.000000160. The SMILES string of the molecule is Clc1cccc(Cl)c1.NCc1ccccc1. The molecule has 0 radical (unpaired) electrons. The van der Waals surface area contributed by atoms with Gasteiger partial charge < -0.3 is 5.73 Å². The molecular weight excluding hydrogens is 241 g/mol. The zero-order valence-electron chi connectivity index (χ0n) is 8.74. The third kappa shape index (κ3) is 5.17. The molecule has 0 aromatic heterocycles. The van der Waals surface area contributed by atoms with Crippen LogP contribution in [-0.2, 0) is 6.54 Å². The molecule has 0 aliphatic heterocycles. The summed E-state index contributed by atoms with van der Waals surface area (Å²) in [4.78, 5) is 0. The van der Waals surface area contributed by atoms with Crippen LogP contribution < -0.4 is 5.73 Å². The second kappa shape index (κ2) is 7.29. The number of hydrogen-bond donors (Lipinski definition) is 1. The van der Waals surface area contributed by atoms with Gasteiger partial charge in [-0.15, -0.1) is 0 Å². The van der Waals surface area contributed by atoms with Crippen molar-refractivity contribution in [3.8, 4) is 0 Å². The van der Waals surface area contributed by atoms with Gasteiger partial charge in [-0.3, -0.25) is 0 Å². The number of benzene rings is 2. The third-order valence-electron chi connectivity index (χ3n) is 1.87. The van der Waals surface area contributed by atoms with Crippen molar-refractivity contribution in [3.63, 3.8) is 0 Å². The molecule has 3 heteroatoms. The molecule has 0 aliphatic rings. The molecule has 0 bridgehead atoms. The third-order valence-corrected chi connectivity index (χ3v) is 2.34. The van der Waals surface area contributed by atoms with Crippen LogP contribution in [-0.4, -0.2) is 0 Å². The van der Waals surface area contributed by atoms with Gasteiger partial charge in [0, 0.05) is 16.6 Å². The van der Waals surface area contributed by atoms with Crippen LogP contribution in [0.2, 0.25) is 10.0 Å². The summed E-state index contributed by atoms with van der Waals surface area (Å²) in [6.07, 6.45) is 0. The number of rotatable bonds is 1. The Bertz CT molecular complexity index is 398. The van der Waals surface area contributed by atoms with Gasteiger partial charge in [-0.25, -0.2) is 0 Å². The van der Waals surface area contributed by atoms with E-state index in [4.69, 9.17) is 28.9 Å². The van der Waals surface area contributed by atoms with Crippen LogP contribution in [0.15, 0.2) is 54.6 Å². The topological polar surface area (TPSA) is 26.0 Å². The molecule has 2 rings (SSSR count). The van der Waals surface area contributed by atoms with Crippen molar-refractivity contribution in [2.75, 3.05) is 0 Å². The lowest BCUT2D eigenvalue weighted by atomic mass is 10.2. The van der Waals surface area contributed by atoms with Gasteiger partial charge in [-0.1, -0.05) is 59.6 Å². The molecule has 0 atom stereocenters. The first-order valence-corrected chi connectivity index (χ1v) is 5.63. The standard InChI is InChI=1S/C7H9N.C6H4Cl2/c8-6-7-4-2-1-3-5-7;7-5-2-1-3-6(8)4-5/h1-5H,6,8H2;1-4H. The summed E-state index contributed by atoms with van der Waals surface area (Å²) in [5.74, 6) is 0. The van der Waals surface area contributed by atoms with Crippen LogP contribution >= 0.6 is 23.2 Å². The molecule has 0 amide bonds. The maximum Gasteiger partial charge on any atom is 0.0420 e. The first-order valence-electron chi connectivity index (χ1n) is 4.87. The van der Waals surface area contributed by atoms with E-state index in [1.807, 2.05) is 36.4 Å². The average molecular weight is 254 g/mol. The van der Waals surface area contributed by atoms with Gasteiger partial charge in [-0.05, 0) is 23.8 Å². The van der Waals surface area contributed by atoms with Gasteiger partial charge in [0.1, 0.15) is 0 Å². The monoisotopic (exact) mass is 253 g/mol. The second-order valence-corrected chi connectivity index (χ2v) is 4.00. The van der Waals surface area contributed by atoms with Crippen LogP contribution in [0.4, 0.5) is 0 Å². The van der Waals surface area contributed by atoms with Crippen molar-refractivity contribution in [2.24, 2.45) is 5.73 Å². The van der Waals surface area contributed by atoms with Crippen LogP contribution in [0.5, 0.6) is 0 Å². The second-order valence-electron chi connectivity index (χ2n) is 3.13. The molecule has 2 aromatic rings.